The van der Waals surface area contributed by atoms with Crippen LogP contribution in [0.1, 0.15) is 0 Å². The van der Waals surface area contributed by atoms with E-state index in [1.807, 2.05) is 0 Å². The van der Waals surface area contributed by atoms with Gasteiger partial charge in [0, 0.05) is 18.4 Å². The average molecular weight is 295 g/mol. The van der Waals surface area contributed by atoms with E-state index in [9.17, 15) is 8.42 Å². The van der Waals surface area contributed by atoms with E-state index in [1.165, 1.54) is 7.05 Å². The predicted octanol–water partition coefficient (Wildman–Crippen LogP) is 0.485. The lowest BCUT2D eigenvalue weighted by Gasteiger charge is -2.08. The van der Waals surface area contributed by atoms with Crippen LogP contribution in [0, 0.1) is 0 Å². The topological polar surface area (TPSA) is 102 Å². The minimum Gasteiger partial charge on any atom is -0.396 e. The van der Waals surface area contributed by atoms with Gasteiger partial charge in [-0.25, -0.2) is 13.1 Å². The maximum atomic E-state index is 11.6. The average Bonchev–Trinajstić information content (AvgIpc) is 2.85. The summed E-state index contributed by atoms with van der Waals surface area (Å²) in [5, 5.41) is 7.25. The first-order valence-electron chi connectivity index (χ1n) is 6.07. The van der Waals surface area contributed by atoms with E-state index in [0.29, 0.717) is 18.8 Å². The van der Waals surface area contributed by atoms with Crippen LogP contribution in [0.25, 0.3) is 0 Å². The van der Waals surface area contributed by atoms with Gasteiger partial charge in [0.25, 0.3) is 0 Å². The molecule has 0 atom stereocenters. The minimum atomic E-state index is -3.38. The molecule has 0 saturated carbocycles. The van der Waals surface area contributed by atoms with Gasteiger partial charge in [-0.05, 0) is 31.3 Å². The number of nitrogens with one attached hydrogen (secondary N) is 2. The van der Waals surface area contributed by atoms with Crippen molar-refractivity contribution in [1.82, 2.24) is 14.5 Å². The highest BCUT2D eigenvalue weighted by molar-refractivity contribution is 7.89. The monoisotopic (exact) mass is 295 g/mol. The number of anilines is 2. The smallest absolute Gasteiger partial charge is 0.240 e. The summed E-state index contributed by atoms with van der Waals surface area (Å²) < 4.78 is 27.1. The highest BCUT2D eigenvalue weighted by atomic mass is 32.2. The van der Waals surface area contributed by atoms with Crippen LogP contribution in [0.5, 0.6) is 0 Å². The molecule has 0 saturated heterocycles. The third kappa shape index (κ3) is 3.49. The van der Waals surface area contributed by atoms with E-state index in [-0.39, 0.29) is 4.90 Å². The Morgan fingerprint density at radius 2 is 2.00 bits per heavy atom. The number of nitrogens with zero attached hydrogens (tertiary/aromatic N) is 2. The summed E-state index contributed by atoms with van der Waals surface area (Å²) in [6.07, 6.45) is 3.35. The quantitative estimate of drug-likeness (QED) is 0.719. The zero-order valence-electron chi connectivity index (χ0n) is 11.1. The Hall–Kier alpha value is -2.06. The summed E-state index contributed by atoms with van der Waals surface area (Å²) in [7, 11) is -2.00. The van der Waals surface area contributed by atoms with Gasteiger partial charge in [0.2, 0.25) is 10.0 Å². The van der Waals surface area contributed by atoms with E-state index < -0.39 is 10.0 Å². The predicted molar refractivity (Wildman–Crippen MR) is 77.8 cm³/mol. The summed E-state index contributed by atoms with van der Waals surface area (Å²) in [5.74, 6) is 0. The first kappa shape index (κ1) is 14.4. The molecule has 2 rings (SSSR count). The molecule has 1 heterocycles. The van der Waals surface area contributed by atoms with Gasteiger partial charge >= 0.3 is 0 Å². The molecule has 1 aromatic heterocycles. The molecule has 0 aliphatic carbocycles. The Bertz CT molecular complexity index is 663. The molecule has 0 radical (unpaired) electrons. The minimum absolute atomic E-state index is 0.241. The van der Waals surface area contributed by atoms with Crippen molar-refractivity contribution in [1.29, 1.82) is 0 Å². The van der Waals surface area contributed by atoms with Crippen LogP contribution in [0.4, 0.5) is 11.4 Å². The van der Waals surface area contributed by atoms with E-state index in [4.69, 9.17) is 5.73 Å². The second-order valence-corrected chi connectivity index (χ2v) is 6.08. The molecule has 0 spiro atoms. The third-order valence-corrected chi connectivity index (χ3v) is 4.19. The summed E-state index contributed by atoms with van der Waals surface area (Å²) >= 11 is 0. The number of sulfonamides is 1. The van der Waals surface area contributed by atoms with Crippen molar-refractivity contribution in [2.75, 3.05) is 24.6 Å². The standard InChI is InChI=1S/C12H17N5O2S/c1-14-20(18,19)12-4-2-11(3-5-12)15-6-7-17-9-10(13)8-16-17/h2-5,8-9,14-15H,6-7,13H2,1H3. The molecule has 8 heteroatoms. The van der Waals surface area contributed by atoms with Gasteiger partial charge < -0.3 is 11.1 Å². The van der Waals surface area contributed by atoms with Crippen LogP contribution < -0.4 is 15.8 Å². The first-order chi connectivity index (χ1) is 9.51. The molecule has 20 heavy (non-hydrogen) atoms. The van der Waals surface area contributed by atoms with Crippen molar-refractivity contribution in [3.63, 3.8) is 0 Å². The molecule has 0 amide bonds. The summed E-state index contributed by atoms with van der Waals surface area (Å²) in [4.78, 5) is 0.241. The van der Waals surface area contributed by atoms with Crippen LogP contribution in [-0.2, 0) is 16.6 Å². The molecule has 0 aliphatic heterocycles. The maximum Gasteiger partial charge on any atom is 0.240 e. The highest BCUT2D eigenvalue weighted by Gasteiger charge is 2.09. The normalized spacial score (nSPS) is 11.4. The van der Waals surface area contributed by atoms with Crippen molar-refractivity contribution in [3.8, 4) is 0 Å². The fourth-order valence-corrected chi connectivity index (χ4v) is 2.42. The van der Waals surface area contributed by atoms with Gasteiger partial charge in [0.1, 0.15) is 0 Å². The Morgan fingerprint density at radius 3 is 2.55 bits per heavy atom. The van der Waals surface area contributed by atoms with Gasteiger partial charge in [0.05, 0.1) is 23.3 Å². The van der Waals surface area contributed by atoms with Crippen LogP contribution >= 0.6 is 0 Å². The van der Waals surface area contributed by atoms with Gasteiger partial charge in [-0.1, -0.05) is 0 Å². The van der Waals surface area contributed by atoms with Crippen LogP contribution in [0.15, 0.2) is 41.6 Å². The van der Waals surface area contributed by atoms with Gasteiger partial charge in [-0.2, -0.15) is 5.10 Å². The maximum absolute atomic E-state index is 11.6. The van der Waals surface area contributed by atoms with E-state index >= 15 is 0 Å². The number of nitrogen functional groups attached to an aromatic ring is 1. The second-order valence-electron chi connectivity index (χ2n) is 4.20. The van der Waals surface area contributed by atoms with Crippen molar-refractivity contribution < 1.29 is 8.42 Å². The van der Waals surface area contributed by atoms with Crippen LogP contribution in [0.2, 0.25) is 0 Å². The third-order valence-electron chi connectivity index (χ3n) is 2.76. The Morgan fingerprint density at radius 1 is 1.30 bits per heavy atom. The number of benzene rings is 1. The molecule has 0 aliphatic rings. The van der Waals surface area contributed by atoms with Crippen LogP contribution in [-0.4, -0.2) is 31.8 Å². The van der Waals surface area contributed by atoms with Gasteiger partial charge in [-0.3, -0.25) is 4.68 Å². The number of hydrogen-bond donors (Lipinski definition) is 3. The number of rotatable bonds is 6. The zero-order valence-corrected chi connectivity index (χ0v) is 11.9. The zero-order chi connectivity index (χ0) is 14.6. The van der Waals surface area contributed by atoms with E-state index in [2.05, 4.69) is 15.1 Å². The summed E-state index contributed by atoms with van der Waals surface area (Å²) in [6, 6.07) is 6.56. The fourth-order valence-electron chi connectivity index (χ4n) is 1.69. The molecular weight excluding hydrogens is 278 g/mol. The van der Waals surface area contributed by atoms with Crippen molar-refractivity contribution in [3.05, 3.63) is 36.7 Å². The molecule has 7 nitrogen and oxygen atoms in total. The van der Waals surface area contributed by atoms with E-state index in [1.54, 1.807) is 41.3 Å². The van der Waals surface area contributed by atoms with Crippen molar-refractivity contribution >= 4 is 21.4 Å². The largest absolute Gasteiger partial charge is 0.396 e. The number of nitrogens with two attached hydrogens (primary N) is 1. The van der Waals surface area contributed by atoms with Crippen LogP contribution in [0.3, 0.4) is 0 Å². The van der Waals surface area contributed by atoms with Crippen molar-refractivity contribution in [2.45, 2.75) is 11.4 Å². The second kappa shape index (κ2) is 5.93. The Labute approximate surface area is 117 Å². The molecule has 4 N–H and O–H groups in total. The molecule has 0 fully saturated rings. The SMILES string of the molecule is CNS(=O)(=O)c1ccc(NCCn2cc(N)cn2)cc1. The molecule has 2 aromatic rings. The molecule has 1 aromatic carbocycles. The summed E-state index contributed by atoms with van der Waals surface area (Å²) in [6.45, 7) is 1.34. The number of hydrogen-bond acceptors (Lipinski definition) is 5. The van der Waals surface area contributed by atoms with Gasteiger partial charge in [0.15, 0.2) is 0 Å². The Kier molecular flexibility index (Phi) is 4.26. The van der Waals surface area contributed by atoms with Gasteiger partial charge in [-0.15, -0.1) is 0 Å². The molecule has 0 bridgehead atoms. The Balaban J connectivity index is 1.91. The lowest BCUT2D eigenvalue weighted by molar-refractivity contribution is 0.588. The van der Waals surface area contributed by atoms with Crippen molar-refractivity contribution in [2.24, 2.45) is 0 Å². The lowest BCUT2D eigenvalue weighted by atomic mass is 10.3. The lowest BCUT2D eigenvalue weighted by Crippen LogP contribution is -2.18. The molecule has 108 valence electrons. The molecule has 0 unspecified atom stereocenters. The van der Waals surface area contributed by atoms with E-state index in [0.717, 1.165) is 5.69 Å². The first-order valence-corrected chi connectivity index (χ1v) is 7.55. The highest BCUT2D eigenvalue weighted by Crippen LogP contribution is 2.13. The summed E-state index contributed by atoms with van der Waals surface area (Å²) in [5.41, 5.74) is 7.04. The fraction of sp³-hybridized carbons (Fsp3) is 0.250. The number of aromatic nitrogens is 2. The molecular formula is C12H17N5O2S.